The molecule has 0 saturated heterocycles. The van der Waals surface area contributed by atoms with Crippen LogP contribution in [-0.4, -0.2) is 19.6 Å². The molecule has 150 valence electrons. The number of nitrogens with two attached hydrogens (primary N) is 1. The van der Waals surface area contributed by atoms with Crippen molar-refractivity contribution in [3.05, 3.63) is 46.5 Å². The van der Waals surface area contributed by atoms with E-state index in [4.69, 9.17) is 17.3 Å². The Hall–Kier alpha value is -2.76. The van der Waals surface area contributed by atoms with Gasteiger partial charge in [0.2, 0.25) is 5.95 Å². The number of hydrogen-bond donors (Lipinski definition) is 1. The maximum Gasteiger partial charge on any atom is 0.435 e. The summed E-state index contributed by atoms with van der Waals surface area (Å²) in [4.78, 5) is 0. The predicted molar refractivity (Wildman–Crippen MR) is 85.2 cm³/mol. The SMILES string of the molecule is Cn1nc(-n2nc(C(F)(F)F)c(-c3cc(Cl)cc(C(F)(F)F)c3)c2N)cc1F. The average molecular weight is 428 g/mol. The highest BCUT2D eigenvalue weighted by Crippen LogP contribution is 2.43. The van der Waals surface area contributed by atoms with Crippen molar-refractivity contribution in [2.24, 2.45) is 7.05 Å². The summed E-state index contributed by atoms with van der Waals surface area (Å²) < 4.78 is 94.2. The van der Waals surface area contributed by atoms with Gasteiger partial charge in [0.05, 0.1) is 11.1 Å². The van der Waals surface area contributed by atoms with E-state index < -0.39 is 51.5 Å². The van der Waals surface area contributed by atoms with Gasteiger partial charge >= 0.3 is 12.4 Å². The van der Waals surface area contributed by atoms with Crippen molar-refractivity contribution in [2.75, 3.05) is 5.73 Å². The van der Waals surface area contributed by atoms with Gasteiger partial charge in [-0.25, -0.2) is 4.68 Å². The molecule has 0 atom stereocenters. The van der Waals surface area contributed by atoms with Crippen LogP contribution in [0.4, 0.5) is 36.6 Å². The molecule has 0 aliphatic rings. The Bertz CT molecular complexity index is 1030. The first-order chi connectivity index (χ1) is 12.8. The second kappa shape index (κ2) is 6.40. The molecular formula is C15H9ClF7N5. The maximum absolute atomic E-state index is 13.5. The summed E-state index contributed by atoms with van der Waals surface area (Å²) in [5, 5.41) is 6.49. The molecule has 2 N–H and O–H groups in total. The zero-order valence-electron chi connectivity index (χ0n) is 13.7. The molecule has 28 heavy (non-hydrogen) atoms. The lowest BCUT2D eigenvalue weighted by Gasteiger charge is -2.11. The summed E-state index contributed by atoms with van der Waals surface area (Å²) >= 11 is 5.66. The van der Waals surface area contributed by atoms with Crippen LogP contribution in [0.1, 0.15) is 11.3 Å². The first kappa shape index (κ1) is 20.0. The van der Waals surface area contributed by atoms with Crippen LogP contribution in [0.2, 0.25) is 5.02 Å². The van der Waals surface area contributed by atoms with Gasteiger partial charge in [-0.3, -0.25) is 0 Å². The third-order valence-corrected chi connectivity index (χ3v) is 3.95. The summed E-state index contributed by atoms with van der Waals surface area (Å²) in [6, 6.07) is 2.69. The van der Waals surface area contributed by atoms with Gasteiger partial charge in [0.1, 0.15) is 5.82 Å². The molecule has 0 fully saturated rings. The van der Waals surface area contributed by atoms with Crippen molar-refractivity contribution in [2.45, 2.75) is 12.4 Å². The van der Waals surface area contributed by atoms with Crippen molar-refractivity contribution in [3.63, 3.8) is 0 Å². The van der Waals surface area contributed by atoms with Crippen LogP contribution in [0, 0.1) is 5.95 Å². The van der Waals surface area contributed by atoms with Gasteiger partial charge in [-0.15, -0.1) is 0 Å². The average Bonchev–Trinajstić information content (AvgIpc) is 3.05. The monoisotopic (exact) mass is 427 g/mol. The molecule has 0 amide bonds. The van der Waals surface area contributed by atoms with E-state index >= 15 is 0 Å². The fraction of sp³-hybridized carbons (Fsp3) is 0.200. The second-order valence-electron chi connectivity index (χ2n) is 5.69. The van der Waals surface area contributed by atoms with E-state index in [-0.39, 0.29) is 5.82 Å². The quantitative estimate of drug-likeness (QED) is 0.604. The summed E-state index contributed by atoms with van der Waals surface area (Å²) in [5.41, 5.74) is 1.53. The highest BCUT2D eigenvalue weighted by molar-refractivity contribution is 6.31. The minimum Gasteiger partial charge on any atom is -0.383 e. The third-order valence-electron chi connectivity index (χ3n) is 3.73. The molecule has 13 heteroatoms. The van der Waals surface area contributed by atoms with E-state index in [0.29, 0.717) is 16.8 Å². The Balaban J connectivity index is 2.31. The summed E-state index contributed by atoms with van der Waals surface area (Å²) in [6.07, 6.45) is -9.92. The molecule has 2 heterocycles. The van der Waals surface area contributed by atoms with Crippen LogP contribution >= 0.6 is 11.6 Å². The van der Waals surface area contributed by atoms with Crippen LogP contribution in [0.5, 0.6) is 0 Å². The van der Waals surface area contributed by atoms with Crippen LogP contribution in [0.25, 0.3) is 16.9 Å². The Labute approximate surface area is 157 Å². The molecule has 0 unspecified atom stereocenters. The Morgan fingerprint density at radius 1 is 0.964 bits per heavy atom. The number of halogens is 8. The molecule has 0 saturated carbocycles. The highest BCUT2D eigenvalue weighted by Gasteiger charge is 2.41. The van der Waals surface area contributed by atoms with Gasteiger partial charge in [0.15, 0.2) is 11.5 Å². The molecule has 0 radical (unpaired) electrons. The summed E-state index contributed by atoms with van der Waals surface area (Å²) in [6.45, 7) is 0. The van der Waals surface area contributed by atoms with Gasteiger partial charge in [-0.05, 0) is 23.8 Å². The lowest BCUT2D eigenvalue weighted by Crippen LogP contribution is -2.09. The minimum atomic E-state index is -5.07. The van der Waals surface area contributed by atoms with E-state index in [0.717, 1.165) is 16.8 Å². The lowest BCUT2D eigenvalue weighted by molar-refractivity contribution is -0.140. The Kier molecular flexibility index (Phi) is 4.57. The summed E-state index contributed by atoms with van der Waals surface area (Å²) in [7, 11) is 1.19. The second-order valence-corrected chi connectivity index (χ2v) is 6.13. The number of alkyl halides is 6. The Morgan fingerprint density at radius 3 is 2.11 bits per heavy atom. The van der Waals surface area contributed by atoms with Gasteiger partial charge in [-0.2, -0.15) is 45.6 Å². The number of anilines is 1. The number of nitrogens with zero attached hydrogens (tertiary/aromatic N) is 4. The number of hydrogen-bond acceptors (Lipinski definition) is 3. The lowest BCUT2D eigenvalue weighted by atomic mass is 10.0. The van der Waals surface area contributed by atoms with E-state index in [1.807, 2.05) is 0 Å². The molecule has 0 aliphatic carbocycles. The van der Waals surface area contributed by atoms with Gasteiger partial charge in [0.25, 0.3) is 0 Å². The van der Waals surface area contributed by atoms with Gasteiger partial charge in [-0.1, -0.05) is 11.6 Å². The maximum atomic E-state index is 13.5. The largest absolute Gasteiger partial charge is 0.435 e. The van der Waals surface area contributed by atoms with E-state index in [2.05, 4.69) is 10.2 Å². The first-order valence-corrected chi connectivity index (χ1v) is 7.70. The van der Waals surface area contributed by atoms with Crippen molar-refractivity contribution in [3.8, 4) is 16.9 Å². The molecule has 0 spiro atoms. The predicted octanol–water partition coefficient (Wildman–Crippen LogP) is 4.69. The Morgan fingerprint density at radius 2 is 1.61 bits per heavy atom. The molecule has 1 aromatic carbocycles. The molecular weight excluding hydrogens is 419 g/mol. The summed E-state index contributed by atoms with van der Waals surface area (Å²) in [5.74, 6) is -1.95. The molecule has 3 aromatic rings. The highest BCUT2D eigenvalue weighted by atomic mass is 35.5. The van der Waals surface area contributed by atoms with Crippen LogP contribution in [0.15, 0.2) is 24.3 Å². The fourth-order valence-electron chi connectivity index (χ4n) is 2.52. The topological polar surface area (TPSA) is 61.7 Å². The van der Waals surface area contributed by atoms with Gasteiger partial charge in [0, 0.05) is 18.1 Å². The normalized spacial score (nSPS) is 12.6. The minimum absolute atomic E-state index is 0.382. The van der Waals surface area contributed by atoms with E-state index in [1.54, 1.807) is 0 Å². The standard InChI is InChI=1S/C15H9ClF7N5/c1-27-9(17)5-10(25-27)28-13(24)11(12(26-28)15(21,22)23)6-2-7(14(18,19)20)4-8(16)3-6/h2-5H,24H2,1H3. The molecule has 3 rings (SSSR count). The van der Waals surface area contributed by atoms with Crippen molar-refractivity contribution < 1.29 is 30.7 Å². The number of nitrogen functional groups attached to an aromatic ring is 1. The number of aryl methyl sites for hydroxylation is 1. The van der Waals surface area contributed by atoms with Crippen LogP contribution in [0.3, 0.4) is 0 Å². The third kappa shape index (κ3) is 3.51. The van der Waals surface area contributed by atoms with Crippen molar-refractivity contribution >= 4 is 17.4 Å². The van der Waals surface area contributed by atoms with E-state index in [9.17, 15) is 30.7 Å². The zero-order chi connectivity index (χ0) is 21.0. The van der Waals surface area contributed by atoms with Gasteiger partial charge < -0.3 is 5.73 Å². The molecule has 0 bridgehead atoms. The molecule has 5 nitrogen and oxygen atoms in total. The number of rotatable bonds is 2. The molecule has 2 aromatic heterocycles. The number of benzene rings is 1. The van der Waals surface area contributed by atoms with Crippen molar-refractivity contribution in [1.29, 1.82) is 0 Å². The number of aromatic nitrogens is 4. The fourth-order valence-corrected chi connectivity index (χ4v) is 2.76. The van der Waals surface area contributed by atoms with Crippen LogP contribution in [-0.2, 0) is 19.4 Å². The van der Waals surface area contributed by atoms with Crippen LogP contribution < -0.4 is 5.73 Å². The smallest absolute Gasteiger partial charge is 0.383 e. The van der Waals surface area contributed by atoms with E-state index in [1.165, 1.54) is 7.05 Å². The first-order valence-electron chi connectivity index (χ1n) is 7.33. The molecule has 0 aliphatic heterocycles. The zero-order valence-corrected chi connectivity index (χ0v) is 14.5. The van der Waals surface area contributed by atoms with Crippen molar-refractivity contribution in [1.82, 2.24) is 19.6 Å².